The predicted molar refractivity (Wildman–Crippen MR) is 74.3 cm³/mol. The Kier molecular flexibility index (Phi) is 3.78. The molecule has 0 atom stereocenters. The van der Waals surface area contributed by atoms with Crippen molar-refractivity contribution in [2.75, 3.05) is 7.11 Å². The van der Waals surface area contributed by atoms with E-state index in [1.807, 2.05) is 32.2 Å². The molecule has 0 amide bonds. The molecule has 0 bridgehead atoms. The summed E-state index contributed by atoms with van der Waals surface area (Å²) in [6, 6.07) is 5.48. The first kappa shape index (κ1) is 13.8. The van der Waals surface area contributed by atoms with Gasteiger partial charge >= 0.3 is 0 Å². The number of ether oxygens (including phenoxy) is 1. The molecule has 1 aromatic carbocycles. The van der Waals surface area contributed by atoms with Crippen LogP contribution in [0.15, 0.2) is 24.4 Å². The number of halogens is 1. The van der Waals surface area contributed by atoms with Crippen LogP contribution in [0.4, 0.5) is 0 Å². The van der Waals surface area contributed by atoms with Crippen molar-refractivity contribution < 1.29 is 4.74 Å². The van der Waals surface area contributed by atoms with Crippen molar-refractivity contribution in [1.82, 2.24) is 15.0 Å². The van der Waals surface area contributed by atoms with Crippen LogP contribution in [0.2, 0.25) is 5.02 Å². The first-order valence-corrected chi connectivity index (χ1v) is 6.30. The van der Waals surface area contributed by atoms with Crippen LogP contribution in [-0.4, -0.2) is 22.1 Å². The average Bonchev–Trinajstić information content (AvgIpc) is 2.77. The highest BCUT2D eigenvalue weighted by Gasteiger charge is 2.18. The zero-order valence-electron chi connectivity index (χ0n) is 11.2. The van der Waals surface area contributed by atoms with Crippen molar-refractivity contribution in [3.8, 4) is 5.75 Å². The van der Waals surface area contributed by atoms with Gasteiger partial charge in [0.05, 0.1) is 25.4 Å². The van der Waals surface area contributed by atoms with Gasteiger partial charge in [0.1, 0.15) is 11.4 Å². The first-order chi connectivity index (χ1) is 8.90. The molecule has 0 saturated heterocycles. The zero-order chi connectivity index (χ0) is 14.0. The smallest absolute Gasteiger partial charge is 0.124 e. The van der Waals surface area contributed by atoms with Gasteiger partial charge in [-0.1, -0.05) is 16.8 Å². The van der Waals surface area contributed by atoms with E-state index in [0.29, 0.717) is 11.6 Å². The maximum atomic E-state index is 6.00. The molecule has 2 rings (SSSR count). The topological polar surface area (TPSA) is 66.0 Å². The zero-order valence-corrected chi connectivity index (χ0v) is 12.0. The molecule has 2 aromatic rings. The largest absolute Gasteiger partial charge is 0.496 e. The molecular formula is C13H17ClN4O. The molecule has 0 unspecified atom stereocenters. The Bertz CT molecular complexity index is 574. The summed E-state index contributed by atoms with van der Waals surface area (Å²) in [4.78, 5) is 0. The Labute approximate surface area is 117 Å². The normalized spacial score (nSPS) is 11.6. The Morgan fingerprint density at radius 2 is 2.16 bits per heavy atom. The Balaban J connectivity index is 2.26. The quantitative estimate of drug-likeness (QED) is 0.932. The van der Waals surface area contributed by atoms with Gasteiger partial charge in [-0.2, -0.15) is 0 Å². The monoisotopic (exact) mass is 280 g/mol. The maximum absolute atomic E-state index is 6.00. The first-order valence-electron chi connectivity index (χ1n) is 5.92. The van der Waals surface area contributed by atoms with E-state index in [1.165, 1.54) is 0 Å². The molecule has 19 heavy (non-hydrogen) atoms. The molecule has 0 fully saturated rings. The second kappa shape index (κ2) is 5.19. The van der Waals surface area contributed by atoms with Crippen LogP contribution in [0.5, 0.6) is 5.75 Å². The summed E-state index contributed by atoms with van der Waals surface area (Å²) in [5, 5.41) is 8.81. The second-order valence-corrected chi connectivity index (χ2v) is 5.42. The third-order valence-corrected chi connectivity index (χ3v) is 3.01. The fourth-order valence-corrected chi connectivity index (χ4v) is 1.91. The highest BCUT2D eigenvalue weighted by Crippen LogP contribution is 2.23. The third-order valence-electron chi connectivity index (χ3n) is 2.77. The van der Waals surface area contributed by atoms with Crippen molar-refractivity contribution in [3.05, 3.63) is 40.7 Å². The van der Waals surface area contributed by atoms with E-state index in [-0.39, 0.29) is 0 Å². The minimum atomic E-state index is -0.503. The lowest BCUT2D eigenvalue weighted by Crippen LogP contribution is -2.29. The van der Waals surface area contributed by atoms with Crippen LogP contribution >= 0.6 is 11.6 Å². The molecule has 1 aromatic heterocycles. The van der Waals surface area contributed by atoms with E-state index < -0.39 is 5.54 Å². The number of rotatable bonds is 4. The van der Waals surface area contributed by atoms with Crippen LogP contribution in [-0.2, 0) is 12.1 Å². The molecule has 6 heteroatoms. The van der Waals surface area contributed by atoms with E-state index in [2.05, 4.69) is 10.3 Å². The van der Waals surface area contributed by atoms with Gasteiger partial charge in [0.2, 0.25) is 0 Å². The maximum Gasteiger partial charge on any atom is 0.124 e. The molecular weight excluding hydrogens is 264 g/mol. The van der Waals surface area contributed by atoms with E-state index in [0.717, 1.165) is 17.0 Å². The summed E-state index contributed by atoms with van der Waals surface area (Å²) in [7, 11) is 1.63. The third kappa shape index (κ3) is 3.24. The van der Waals surface area contributed by atoms with E-state index in [1.54, 1.807) is 17.9 Å². The van der Waals surface area contributed by atoms with Crippen LogP contribution in [0.25, 0.3) is 0 Å². The number of nitrogens with zero attached hydrogens (tertiary/aromatic N) is 3. The van der Waals surface area contributed by atoms with Crippen LogP contribution in [0.3, 0.4) is 0 Å². The molecule has 1 heterocycles. The van der Waals surface area contributed by atoms with Crippen molar-refractivity contribution in [2.45, 2.75) is 25.9 Å². The summed E-state index contributed by atoms with van der Waals surface area (Å²) in [6.45, 7) is 4.31. The highest BCUT2D eigenvalue weighted by molar-refractivity contribution is 6.30. The number of hydrogen-bond donors (Lipinski definition) is 1. The summed E-state index contributed by atoms with van der Waals surface area (Å²) in [6.07, 6.45) is 1.83. The molecule has 0 aliphatic heterocycles. The Morgan fingerprint density at radius 3 is 2.74 bits per heavy atom. The van der Waals surface area contributed by atoms with E-state index in [9.17, 15) is 0 Å². The molecule has 0 aliphatic rings. The Hall–Kier alpha value is -1.59. The van der Waals surface area contributed by atoms with Gasteiger partial charge in [0, 0.05) is 10.6 Å². The fourth-order valence-electron chi connectivity index (χ4n) is 1.72. The molecule has 5 nitrogen and oxygen atoms in total. The number of nitrogens with two attached hydrogens (primary N) is 1. The summed E-state index contributed by atoms with van der Waals surface area (Å²) >= 11 is 6.00. The lowest BCUT2D eigenvalue weighted by atomic mass is 10.0. The predicted octanol–water partition coefficient (Wildman–Crippen LogP) is 2.18. The summed E-state index contributed by atoms with van der Waals surface area (Å²) < 4.78 is 7.02. The molecule has 0 aliphatic carbocycles. The van der Waals surface area contributed by atoms with Gasteiger partial charge in [-0.3, -0.25) is 0 Å². The van der Waals surface area contributed by atoms with Gasteiger partial charge < -0.3 is 10.5 Å². The van der Waals surface area contributed by atoms with E-state index >= 15 is 0 Å². The number of benzene rings is 1. The lowest BCUT2D eigenvalue weighted by molar-refractivity contribution is 0.407. The Morgan fingerprint density at radius 1 is 1.42 bits per heavy atom. The van der Waals surface area contributed by atoms with Gasteiger partial charge in [-0.25, -0.2) is 4.68 Å². The molecule has 0 saturated carbocycles. The van der Waals surface area contributed by atoms with Crippen LogP contribution in [0, 0.1) is 0 Å². The SMILES string of the molecule is COc1ccc(Cl)cc1Cn1cc(C(C)(C)N)nn1. The lowest BCUT2D eigenvalue weighted by Gasteiger charge is -2.13. The minimum absolute atomic E-state index is 0.503. The fraction of sp³-hybridized carbons (Fsp3) is 0.385. The van der Waals surface area contributed by atoms with Crippen molar-refractivity contribution in [3.63, 3.8) is 0 Å². The number of hydrogen-bond acceptors (Lipinski definition) is 4. The van der Waals surface area contributed by atoms with E-state index in [4.69, 9.17) is 22.1 Å². The molecule has 0 spiro atoms. The number of methoxy groups -OCH3 is 1. The average molecular weight is 281 g/mol. The highest BCUT2D eigenvalue weighted by atomic mass is 35.5. The van der Waals surface area contributed by atoms with Crippen LogP contribution < -0.4 is 10.5 Å². The molecule has 102 valence electrons. The summed E-state index contributed by atoms with van der Waals surface area (Å²) in [5.74, 6) is 0.772. The van der Waals surface area contributed by atoms with Gasteiger partial charge in [0.25, 0.3) is 0 Å². The van der Waals surface area contributed by atoms with Gasteiger partial charge in [-0.05, 0) is 32.0 Å². The van der Waals surface area contributed by atoms with Gasteiger partial charge in [0.15, 0.2) is 0 Å². The minimum Gasteiger partial charge on any atom is -0.496 e. The van der Waals surface area contributed by atoms with Crippen molar-refractivity contribution in [2.24, 2.45) is 5.73 Å². The van der Waals surface area contributed by atoms with Crippen LogP contribution in [0.1, 0.15) is 25.1 Å². The molecule has 2 N–H and O–H groups in total. The standard InChI is InChI=1S/C13H17ClN4O/c1-13(2,15)12-8-18(17-16-12)7-9-6-10(14)4-5-11(9)19-3/h4-6,8H,7,15H2,1-3H3. The summed E-state index contributed by atoms with van der Waals surface area (Å²) in [5.41, 5.74) is 7.17. The van der Waals surface area contributed by atoms with Crippen molar-refractivity contribution in [1.29, 1.82) is 0 Å². The van der Waals surface area contributed by atoms with Crippen molar-refractivity contribution >= 4 is 11.6 Å². The molecule has 0 radical (unpaired) electrons. The second-order valence-electron chi connectivity index (χ2n) is 4.98. The van der Waals surface area contributed by atoms with Gasteiger partial charge in [-0.15, -0.1) is 5.10 Å². The number of aromatic nitrogens is 3.